The summed E-state index contributed by atoms with van der Waals surface area (Å²) in [5.41, 5.74) is 2.22. The molecule has 3 atom stereocenters. The maximum absolute atomic E-state index is 13.9. The highest BCUT2D eigenvalue weighted by atomic mass is 35.5. The number of carbonyl (C=O) groups is 5. The van der Waals surface area contributed by atoms with E-state index in [-0.39, 0.29) is 23.9 Å². The summed E-state index contributed by atoms with van der Waals surface area (Å²) in [5, 5.41) is 5.66. The topological polar surface area (TPSA) is 134 Å². The molecule has 1 fully saturated rings. The van der Waals surface area contributed by atoms with Gasteiger partial charge in [-0.2, -0.15) is 0 Å². The Morgan fingerprint density at radius 3 is 2.24 bits per heavy atom. The number of imide groups is 1. The van der Waals surface area contributed by atoms with Crippen LogP contribution in [-0.4, -0.2) is 64.8 Å². The zero-order valence-corrected chi connectivity index (χ0v) is 30.3. The highest BCUT2D eigenvalue weighted by molar-refractivity contribution is 6.34. The minimum Gasteiger partial charge on any atom is -0.480 e. The van der Waals surface area contributed by atoms with Crippen molar-refractivity contribution in [3.63, 3.8) is 0 Å². The van der Waals surface area contributed by atoms with E-state index in [9.17, 15) is 24.0 Å². The summed E-state index contributed by atoms with van der Waals surface area (Å²) in [6.07, 6.45) is -1.61. The van der Waals surface area contributed by atoms with Crippen LogP contribution in [0.3, 0.4) is 0 Å². The van der Waals surface area contributed by atoms with Gasteiger partial charge >= 0.3 is 6.03 Å². The summed E-state index contributed by atoms with van der Waals surface area (Å²) in [6, 6.07) is 18.7. The highest BCUT2D eigenvalue weighted by Gasteiger charge is 2.48. The second-order valence-corrected chi connectivity index (χ2v) is 13.7. The summed E-state index contributed by atoms with van der Waals surface area (Å²) in [4.78, 5) is 70.2. The van der Waals surface area contributed by atoms with Crippen molar-refractivity contribution in [2.75, 3.05) is 23.8 Å². The Bertz CT molecular complexity index is 1740. The molecule has 2 N–H and O–H groups in total. The molecule has 3 aromatic rings. The standard InChI is InChI=1S/C38H45ClN4O7/c1-8-30(50-31-18-15-23(3)19-24(31)4)34(46)40-26-16-17-28(39)29(20-26)41-33(45)27(32(44)38(5,6)7)22-42-35(47)36(49-9-2)43(37(42)48)21-25-13-11-10-12-14-25/h10-20,27,30,36H,8-9,21-22H2,1-7H3,(H,40,46)(H,41,45). The van der Waals surface area contributed by atoms with Crippen LogP contribution >= 0.6 is 11.6 Å². The van der Waals surface area contributed by atoms with Crippen LogP contribution < -0.4 is 15.4 Å². The van der Waals surface area contributed by atoms with E-state index >= 15 is 0 Å². The van der Waals surface area contributed by atoms with Crippen LogP contribution in [0.15, 0.2) is 66.7 Å². The molecule has 1 heterocycles. The van der Waals surface area contributed by atoms with Crippen molar-refractivity contribution in [1.82, 2.24) is 9.80 Å². The Kier molecular flexibility index (Phi) is 12.4. The molecule has 1 aliphatic heterocycles. The molecule has 0 saturated carbocycles. The summed E-state index contributed by atoms with van der Waals surface area (Å²) in [7, 11) is 0. The van der Waals surface area contributed by atoms with Crippen molar-refractivity contribution >= 4 is 52.5 Å². The number of ether oxygens (including phenoxy) is 2. The smallest absolute Gasteiger partial charge is 0.329 e. The fourth-order valence-corrected chi connectivity index (χ4v) is 5.74. The van der Waals surface area contributed by atoms with E-state index in [0.717, 1.165) is 21.6 Å². The van der Waals surface area contributed by atoms with Gasteiger partial charge in [0.2, 0.25) is 12.1 Å². The third-order valence-electron chi connectivity index (χ3n) is 8.25. The number of amides is 5. The zero-order chi connectivity index (χ0) is 36.7. The zero-order valence-electron chi connectivity index (χ0n) is 29.5. The van der Waals surface area contributed by atoms with E-state index in [0.29, 0.717) is 17.9 Å². The number of anilines is 2. The summed E-state index contributed by atoms with van der Waals surface area (Å²) < 4.78 is 11.7. The van der Waals surface area contributed by atoms with E-state index in [2.05, 4.69) is 10.6 Å². The SMILES string of the molecule is CCOC1C(=O)N(CC(C(=O)Nc2cc(NC(=O)C(CC)Oc3ccc(C)cc3C)ccc2Cl)C(=O)C(C)(C)C)C(=O)N1Cc1ccccc1. The van der Waals surface area contributed by atoms with Gasteiger partial charge in [0, 0.05) is 24.3 Å². The Morgan fingerprint density at radius 1 is 0.920 bits per heavy atom. The van der Waals surface area contributed by atoms with Gasteiger partial charge in [0.05, 0.1) is 17.3 Å². The fraction of sp³-hybridized carbons (Fsp3) is 0.395. The number of nitrogens with zero attached hydrogens (tertiary/aromatic N) is 2. The van der Waals surface area contributed by atoms with E-state index in [1.807, 2.05) is 69.3 Å². The lowest BCUT2D eigenvalue weighted by Crippen LogP contribution is -2.46. The number of hydrogen-bond donors (Lipinski definition) is 2. The molecule has 3 unspecified atom stereocenters. The highest BCUT2D eigenvalue weighted by Crippen LogP contribution is 2.30. The lowest BCUT2D eigenvalue weighted by Gasteiger charge is -2.27. The van der Waals surface area contributed by atoms with Crippen LogP contribution in [0.5, 0.6) is 5.75 Å². The van der Waals surface area contributed by atoms with Crippen LogP contribution in [0, 0.1) is 25.2 Å². The number of aryl methyl sites for hydroxylation is 2. The first-order valence-corrected chi connectivity index (χ1v) is 17.0. The molecule has 266 valence electrons. The quantitative estimate of drug-likeness (QED) is 0.140. The average Bonchev–Trinajstić information content (AvgIpc) is 3.27. The second kappa shape index (κ2) is 16.3. The third kappa shape index (κ3) is 9.08. The van der Waals surface area contributed by atoms with Crippen LogP contribution in [0.25, 0.3) is 0 Å². The minimum absolute atomic E-state index is 0.0966. The number of hydrogen-bond acceptors (Lipinski definition) is 7. The number of Topliss-reactive ketones (excluding diaryl/α,β-unsaturated/α-hetero) is 1. The lowest BCUT2D eigenvalue weighted by atomic mass is 9.82. The van der Waals surface area contributed by atoms with E-state index in [4.69, 9.17) is 21.1 Å². The van der Waals surface area contributed by atoms with Crippen molar-refractivity contribution in [3.8, 4) is 5.75 Å². The van der Waals surface area contributed by atoms with Gasteiger partial charge in [0.15, 0.2) is 11.9 Å². The fourth-order valence-electron chi connectivity index (χ4n) is 5.57. The molecular weight excluding hydrogens is 660 g/mol. The van der Waals surface area contributed by atoms with Crippen molar-refractivity contribution in [3.05, 3.63) is 88.4 Å². The maximum atomic E-state index is 13.9. The van der Waals surface area contributed by atoms with E-state index in [1.54, 1.807) is 33.8 Å². The largest absolute Gasteiger partial charge is 0.480 e. The van der Waals surface area contributed by atoms with Crippen LogP contribution in [0.4, 0.5) is 16.2 Å². The van der Waals surface area contributed by atoms with Crippen LogP contribution in [0.1, 0.15) is 57.7 Å². The first-order chi connectivity index (χ1) is 23.6. The lowest BCUT2D eigenvalue weighted by molar-refractivity contribution is -0.143. The molecule has 3 aromatic carbocycles. The molecule has 0 aromatic heterocycles. The van der Waals surface area contributed by atoms with Crippen molar-refractivity contribution in [1.29, 1.82) is 0 Å². The normalized spacial score (nSPS) is 15.9. The molecule has 1 aliphatic rings. The van der Waals surface area contributed by atoms with Gasteiger partial charge in [0.25, 0.3) is 11.8 Å². The molecule has 0 aliphatic carbocycles. The van der Waals surface area contributed by atoms with Gasteiger partial charge in [-0.3, -0.25) is 29.0 Å². The Hall–Kier alpha value is -4.74. The second-order valence-electron chi connectivity index (χ2n) is 13.3. The molecule has 11 nitrogen and oxygen atoms in total. The number of benzene rings is 3. The van der Waals surface area contributed by atoms with Gasteiger partial charge in [-0.15, -0.1) is 0 Å². The monoisotopic (exact) mass is 704 g/mol. The van der Waals surface area contributed by atoms with Gasteiger partial charge in [-0.05, 0) is 62.6 Å². The predicted molar refractivity (Wildman–Crippen MR) is 192 cm³/mol. The number of ketones is 1. The number of rotatable bonds is 14. The van der Waals surface area contributed by atoms with Crippen molar-refractivity contribution in [2.24, 2.45) is 11.3 Å². The third-order valence-corrected chi connectivity index (χ3v) is 8.58. The molecule has 12 heteroatoms. The Balaban J connectivity index is 1.54. The predicted octanol–water partition coefficient (Wildman–Crippen LogP) is 6.75. The average molecular weight is 705 g/mol. The molecule has 4 rings (SSSR count). The number of nitrogens with one attached hydrogen (secondary N) is 2. The molecule has 1 saturated heterocycles. The van der Waals surface area contributed by atoms with Crippen molar-refractivity contribution in [2.45, 2.75) is 73.8 Å². The number of carbonyl (C=O) groups excluding carboxylic acids is 5. The molecule has 50 heavy (non-hydrogen) atoms. The van der Waals surface area contributed by atoms with Gasteiger partial charge in [0.1, 0.15) is 11.7 Å². The van der Waals surface area contributed by atoms with E-state index < -0.39 is 59.7 Å². The number of halogens is 1. The molecular formula is C38H45ClN4O7. The van der Waals surface area contributed by atoms with Gasteiger partial charge in [-0.25, -0.2) is 4.79 Å². The number of urea groups is 1. The Morgan fingerprint density at radius 2 is 1.62 bits per heavy atom. The van der Waals surface area contributed by atoms with Gasteiger partial charge in [-0.1, -0.05) is 87.3 Å². The Labute approximate surface area is 298 Å². The molecule has 0 spiro atoms. The molecule has 0 radical (unpaired) electrons. The first kappa shape index (κ1) is 38.1. The summed E-state index contributed by atoms with van der Waals surface area (Å²) in [5.74, 6) is -3.16. The maximum Gasteiger partial charge on any atom is 0.329 e. The van der Waals surface area contributed by atoms with Crippen LogP contribution in [0.2, 0.25) is 5.02 Å². The molecule has 0 bridgehead atoms. The van der Waals surface area contributed by atoms with Gasteiger partial charge < -0.3 is 20.1 Å². The van der Waals surface area contributed by atoms with E-state index in [1.165, 1.54) is 17.0 Å². The minimum atomic E-state index is -1.44. The molecule has 5 amide bonds. The first-order valence-electron chi connectivity index (χ1n) is 16.6. The summed E-state index contributed by atoms with van der Waals surface area (Å²) >= 11 is 6.47. The van der Waals surface area contributed by atoms with Crippen molar-refractivity contribution < 1.29 is 33.4 Å². The summed E-state index contributed by atoms with van der Waals surface area (Å²) in [6.45, 7) is 12.1. The van der Waals surface area contributed by atoms with Crippen LogP contribution in [-0.2, 0) is 30.5 Å².